The molecule has 2 N–H and O–H groups in total. The van der Waals surface area contributed by atoms with Crippen molar-refractivity contribution in [2.75, 3.05) is 51.2 Å². The highest BCUT2D eigenvalue weighted by Gasteiger charge is 2.20. The number of aliphatic hydroxyl groups is 1. The quantitative estimate of drug-likeness (QED) is 0.842. The van der Waals surface area contributed by atoms with Gasteiger partial charge in [0.15, 0.2) is 0 Å². The molecular formula is C16H27N3O. The van der Waals surface area contributed by atoms with E-state index in [9.17, 15) is 5.11 Å². The molecular weight excluding hydrogens is 250 g/mol. The molecule has 1 atom stereocenters. The molecule has 1 aliphatic rings. The van der Waals surface area contributed by atoms with Crippen molar-refractivity contribution in [3.63, 3.8) is 0 Å². The maximum absolute atomic E-state index is 9.85. The van der Waals surface area contributed by atoms with Crippen molar-refractivity contribution in [3.05, 3.63) is 29.3 Å². The maximum atomic E-state index is 9.85. The number of benzene rings is 1. The molecule has 1 saturated heterocycles. The molecule has 0 aromatic heterocycles. The number of hydrogen-bond acceptors (Lipinski definition) is 4. The van der Waals surface area contributed by atoms with Gasteiger partial charge < -0.3 is 15.3 Å². The average molecular weight is 277 g/mol. The summed E-state index contributed by atoms with van der Waals surface area (Å²) in [5.74, 6) is 0. The molecule has 0 saturated carbocycles. The number of aryl methyl sites for hydroxylation is 1. The zero-order valence-corrected chi connectivity index (χ0v) is 12.9. The van der Waals surface area contributed by atoms with E-state index >= 15 is 0 Å². The van der Waals surface area contributed by atoms with E-state index in [0.717, 1.165) is 32.7 Å². The third-order valence-corrected chi connectivity index (χ3v) is 4.20. The number of likely N-dealkylation sites (N-methyl/N-ethyl adjacent to an activating group) is 1. The van der Waals surface area contributed by atoms with Crippen LogP contribution < -0.4 is 10.2 Å². The van der Waals surface area contributed by atoms with Gasteiger partial charge in [0.2, 0.25) is 0 Å². The summed E-state index contributed by atoms with van der Waals surface area (Å²) in [6.45, 7) is 9.92. The fourth-order valence-corrected chi connectivity index (χ4v) is 2.85. The first-order chi connectivity index (χ1) is 9.61. The first-order valence-electron chi connectivity index (χ1n) is 7.48. The minimum absolute atomic E-state index is 0.271. The van der Waals surface area contributed by atoms with Gasteiger partial charge in [-0.25, -0.2) is 0 Å². The second-order valence-electron chi connectivity index (χ2n) is 5.72. The van der Waals surface area contributed by atoms with E-state index < -0.39 is 0 Å². The molecule has 0 spiro atoms. The minimum Gasteiger partial charge on any atom is -0.390 e. The molecule has 4 nitrogen and oxygen atoms in total. The molecule has 0 radical (unpaired) electrons. The molecule has 0 bridgehead atoms. The van der Waals surface area contributed by atoms with Gasteiger partial charge in [0, 0.05) is 45.0 Å². The van der Waals surface area contributed by atoms with Crippen molar-refractivity contribution in [1.29, 1.82) is 0 Å². The highest BCUT2D eigenvalue weighted by Crippen LogP contribution is 2.23. The van der Waals surface area contributed by atoms with Crippen LogP contribution in [0.5, 0.6) is 0 Å². The maximum Gasteiger partial charge on any atom is 0.0791 e. The van der Waals surface area contributed by atoms with E-state index in [1.54, 1.807) is 0 Å². The summed E-state index contributed by atoms with van der Waals surface area (Å²) in [6, 6.07) is 6.53. The fourth-order valence-electron chi connectivity index (χ4n) is 2.85. The molecule has 1 aliphatic heterocycles. The second kappa shape index (κ2) is 7.07. The average Bonchev–Trinajstić information content (AvgIpc) is 2.43. The topological polar surface area (TPSA) is 38.7 Å². The lowest BCUT2D eigenvalue weighted by Crippen LogP contribution is -2.49. The Morgan fingerprint density at radius 1 is 1.20 bits per heavy atom. The van der Waals surface area contributed by atoms with Crippen LogP contribution in [0.2, 0.25) is 0 Å². The summed E-state index contributed by atoms with van der Waals surface area (Å²) in [5, 5.41) is 12.9. The standard InChI is InChI=1S/C16H27N3O/c1-13-5-4-6-16(14(13)2)19-9-7-18(8-10-19)12-15(20)11-17-3/h4-6,15,17,20H,7-12H2,1-3H3. The van der Waals surface area contributed by atoms with Gasteiger partial charge in [-0.2, -0.15) is 0 Å². The van der Waals surface area contributed by atoms with Gasteiger partial charge in [0.25, 0.3) is 0 Å². The summed E-state index contributed by atoms with van der Waals surface area (Å²) < 4.78 is 0. The molecule has 20 heavy (non-hydrogen) atoms. The van der Waals surface area contributed by atoms with E-state index in [1.165, 1.54) is 16.8 Å². The van der Waals surface area contributed by atoms with Crippen molar-refractivity contribution in [2.24, 2.45) is 0 Å². The van der Waals surface area contributed by atoms with Crippen molar-refractivity contribution in [1.82, 2.24) is 10.2 Å². The summed E-state index contributed by atoms with van der Waals surface area (Å²) in [5.41, 5.74) is 4.10. The summed E-state index contributed by atoms with van der Waals surface area (Å²) in [6.07, 6.45) is -0.271. The van der Waals surface area contributed by atoms with Gasteiger partial charge in [0.1, 0.15) is 0 Å². The first kappa shape index (κ1) is 15.3. The molecule has 1 aromatic rings. The lowest BCUT2D eigenvalue weighted by molar-refractivity contribution is 0.109. The second-order valence-corrected chi connectivity index (χ2v) is 5.72. The number of anilines is 1. The Kier molecular flexibility index (Phi) is 5.40. The van der Waals surface area contributed by atoms with Crippen molar-refractivity contribution < 1.29 is 5.11 Å². The van der Waals surface area contributed by atoms with Crippen LogP contribution in [0.4, 0.5) is 5.69 Å². The van der Waals surface area contributed by atoms with Gasteiger partial charge >= 0.3 is 0 Å². The van der Waals surface area contributed by atoms with E-state index in [1.807, 2.05) is 7.05 Å². The van der Waals surface area contributed by atoms with E-state index in [0.29, 0.717) is 6.54 Å². The Morgan fingerprint density at radius 2 is 1.90 bits per heavy atom. The molecule has 1 fully saturated rings. The fraction of sp³-hybridized carbons (Fsp3) is 0.625. The summed E-state index contributed by atoms with van der Waals surface area (Å²) >= 11 is 0. The Labute approximate surface area is 122 Å². The molecule has 0 amide bonds. The monoisotopic (exact) mass is 277 g/mol. The van der Waals surface area contributed by atoms with E-state index in [2.05, 4.69) is 47.2 Å². The highest BCUT2D eigenvalue weighted by atomic mass is 16.3. The Balaban J connectivity index is 1.89. The molecule has 1 heterocycles. The number of β-amino-alcohol motifs (C(OH)–C–C–N with tert-alkyl or cyclic N) is 1. The largest absolute Gasteiger partial charge is 0.390 e. The predicted molar refractivity (Wildman–Crippen MR) is 84.5 cm³/mol. The smallest absolute Gasteiger partial charge is 0.0791 e. The zero-order valence-electron chi connectivity index (χ0n) is 12.9. The number of piperazine rings is 1. The van der Waals surface area contributed by atoms with Crippen molar-refractivity contribution in [3.8, 4) is 0 Å². The van der Waals surface area contributed by atoms with Crippen molar-refractivity contribution in [2.45, 2.75) is 20.0 Å². The normalized spacial score (nSPS) is 18.3. The Hall–Kier alpha value is -1.10. The number of hydrogen-bond donors (Lipinski definition) is 2. The van der Waals surface area contributed by atoms with Gasteiger partial charge in [-0.15, -0.1) is 0 Å². The molecule has 0 aliphatic carbocycles. The number of aliphatic hydroxyl groups excluding tert-OH is 1. The predicted octanol–water partition coefficient (Wildman–Crippen LogP) is 1.01. The molecule has 1 unspecified atom stereocenters. The van der Waals surface area contributed by atoms with E-state index in [-0.39, 0.29) is 6.10 Å². The first-order valence-corrected chi connectivity index (χ1v) is 7.48. The lowest BCUT2D eigenvalue weighted by Gasteiger charge is -2.37. The number of nitrogens with one attached hydrogen (secondary N) is 1. The molecule has 2 rings (SSSR count). The van der Waals surface area contributed by atoms with Crippen LogP contribution in [0.25, 0.3) is 0 Å². The molecule has 1 aromatic carbocycles. The third-order valence-electron chi connectivity index (χ3n) is 4.20. The Morgan fingerprint density at radius 3 is 2.55 bits per heavy atom. The number of nitrogens with zero attached hydrogens (tertiary/aromatic N) is 2. The third kappa shape index (κ3) is 3.72. The van der Waals surface area contributed by atoms with Gasteiger partial charge in [-0.3, -0.25) is 4.90 Å². The van der Waals surface area contributed by atoms with Gasteiger partial charge in [0.05, 0.1) is 6.10 Å². The summed E-state index contributed by atoms with van der Waals surface area (Å²) in [7, 11) is 1.88. The van der Waals surface area contributed by atoms with Gasteiger partial charge in [-0.1, -0.05) is 12.1 Å². The lowest BCUT2D eigenvalue weighted by atomic mass is 10.1. The molecule has 4 heteroatoms. The summed E-state index contributed by atoms with van der Waals surface area (Å²) in [4.78, 5) is 4.81. The van der Waals surface area contributed by atoms with Crippen molar-refractivity contribution >= 4 is 5.69 Å². The zero-order chi connectivity index (χ0) is 14.5. The molecule has 112 valence electrons. The Bertz CT molecular complexity index is 428. The van der Waals surface area contributed by atoms with E-state index in [4.69, 9.17) is 0 Å². The van der Waals surface area contributed by atoms with Gasteiger partial charge in [-0.05, 0) is 38.1 Å². The minimum atomic E-state index is -0.271. The van der Waals surface area contributed by atoms with Crippen LogP contribution in [0.15, 0.2) is 18.2 Å². The van der Waals surface area contributed by atoms with Crippen LogP contribution in [0.3, 0.4) is 0 Å². The van der Waals surface area contributed by atoms with Crippen LogP contribution in [0.1, 0.15) is 11.1 Å². The van der Waals surface area contributed by atoms with Crippen LogP contribution in [0, 0.1) is 13.8 Å². The van der Waals surface area contributed by atoms with Crippen LogP contribution >= 0.6 is 0 Å². The number of rotatable bonds is 5. The highest BCUT2D eigenvalue weighted by molar-refractivity contribution is 5.56. The van der Waals surface area contributed by atoms with Crippen LogP contribution in [-0.2, 0) is 0 Å². The SMILES string of the molecule is CNCC(O)CN1CCN(c2cccc(C)c2C)CC1. The van der Waals surface area contributed by atoms with Crippen LogP contribution in [-0.4, -0.2) is 62.4 Å².